The number of benzene rings is 2. The second-order valence-electron chi connectivity index (χ2n) is 4.54. The maximum atomic E-state index is 6.02. The Morgan fingerprint density at radius 2 is 1.80 bits per heavy atom. The van der Waals surface area contributed by atoms with Gasteiger partial charge in [-0.25, -0.2) is 0 Å². The highest BCUT2D eigenvalue weighted by atomic mass is 79.9. The first-order valence-electron chi connectivity index (χ1n) is 6.42. The molecule has 2 aromatic rings. The van der Waals surface area contributed by atoms with Crippen LogP contribution in [0.1, 0.15) is 24.1 Å². The van der Waals surface area contributed by atoms with E-state index in [4.69, 9.17) is 15.2 Å². The van der Waals surface area contributed by atoms with Crippen molar-refractivity contribution < 1.29 is 9.47 Å². The summed E-state index contributed by atoms with van der Waals surface area (Å²) < 4.78 is 12.3. The molecular weight excluding hydrogens is 318 g/mol. The van der Waals surface area contributed by atoms with E-state index in [0.717, 1.165) is 27.1 Å². The summed E-state index contributed by atoms with van der Waals surface area (Å²) >= 11 is 3.52. The molecule has 1 unspecified atom stereocenters. The van der Waals surface area contributed by atoms with Crippen molar-refractivity contribution in [2.75, 3.05) is 7.11 Å². The minimum Gasteiger partial charge on any atom is -0.496 e. The summed E-state index contributed by atoms with van der Waals surface area (Å²) in [6, 6.07) is 13.5. The first-order chi connectivity index (χ1) is 9.63. The third kappa shape index (κ3) is 3.32. The van der Waals surface area contributed by atoms with Gasteiger partial charge in [-0.15, -0.1) is 0 Å². The number of hydrogen-bond donors (Lipinski definition) is 1. The molecule has 0 saturated carbocycles. The van der Waals surface area contributed by atoms with E-state index in [9.17, 15) is 0 Å². The Hall–Kier alpha value is -1.52. The van der Waals surface area contributed by atoms with Crippen molar-refractivity contribution in [3.63, 3.8) is 0 Å². The summed E-state index contributed by atoms with van der Waals surface area (Å²) in [5.41, 5.74) is 8.00. The number of nitrogens with two attached hydrogens (primary N) is 1. The molecule has 0 bridgehead atoms. The van der Waals surface area contributed by atoms with Gasteiger partial charge in [-0.3, -0.25) is 0 Å². The summed E-state index contributed by atoms with van der Waals surface area (Å²) in [6.45, 7) is 2.40. The molecule has 106 valence electrons. The lowest BCUT2D eigenvalue weighted by atomic mass is 10.1. The third-order valence-electron chi connectivity index (χ3n) is 3.04. The van der Waals surface area contributed by atoms with E-state index in [1.54, 1.807) is 7.11 Å². The molecule has 0 fully saturated rings. The number of halogens is 1. The number of ether oxygens (including phenoxy) is 2. The van der Waals surface area contributed by atoms with Crippen LogP contribution >= 0.6 is 15.9 Å². The quantitative estimate of drug-likeness (QED) is 0.896. The molecule has 0 aliphatic heterocycles. The summed E-state index contributed by atoms with van der Waals surface area (Å²) in [7, 11) is 1.64. The van der Waals surface area contributed by atoms with Crippen molar-refractivity contribution in [3.05, 3.63) is 58.1 Å². The Kier molecular flexibility index (Phi) is 5.04. The van der Waals surface area contributed by atoms with E-state index in [0.29, 0.717) is 6.61 Å². The van der Waals surface area contributed by atoms with Crippen molar-refractivity contribution in [3.8, 4) is 11.5 Å². The van der Waals surface area contributed by atoms with E-state index in [1.165, 1.54) is 0 Å². The fraction of sp³-hybridized carbons (Fsp3) is 0.250. The normalized spacial score (nSPS) is 12.0. The zero-order chi connectivity index (χ0) is 14.5. The fourth-order valence-electron chi connectivity index (χ4n) is 2.05. The topological polar surface area (TPSA) is 44.5 Å². The average Bonchev–Trinajstić information content (AvgIpc) is 2.45. The molecule has 0 aliphatic carbocycles. The Morgan fingerprint density at radius 3 is 2.45 bits per heavy atom. The van der Waals surface area contributed by atoms with Crippen LogP contribution < -0.4 is 15.2 Å². The van der Waals surface area contributed by atoms with Crippen molar-refractivity contribution in [2.45, 2.75) is 19.6 Å². The van der Waals surface area contributed by atoms with Gasteiger partial charge in [0.15, 0.2) is 0 Å². The summed E-state index contributed by atoms with van der Waals surface area (Å²) in [6.07, 6.45) is 0. The Labute approximate surface area is 127 Å². The van der Waals surface area contributed by atoms with Crippen LogP contribution in [0.25, 0.3) is 0 Å². The second kappa shape index (κ2) is 6.77. The molecule has 0 amide bonds. The molecule has 0 spiro atoms. The molecule has 2 aromatic carbocycles. The highest BCUT2D eigenvalue weighted by Gasteiger charge is 2.14. The van der Waals surface area contributed by atoms with Crippen molar-refractivity contribution in [1.29, 1.82) is 0 Å². The Balaban J connectivity index is 2.24. The van der Waals surface area contributed by atoms with Crippen LogP contribution in [-0.2, 0) is 6.61 Å². The summed E-state index contributed by atoms with van der Waals surface area (Å²) in [4.78, 5) is 0. The van der Waals surface area contributed by atoms with Gasteiger partial charge in [-0.1, -0.05) is 40.2 Å². The van der Waals surface area contributed by atoms with Gasteiger partial charge in [0.2, 0.25) is 0 Å². The number of rotatable bonds is 5. The van der Waals surface area contributed by atoms with Crippen LogP contribution in [-0.4, -0.2) is 7.11 Å². The maximum Gasteiger partial charge on any atom is 0.128 e. The van der Waals surface area contributed by atoms with Crippen LogP contribution in [0.3, 0.4) is 0 Å². The largest absolute Gasteiger partial charge is 0.496 e. The lowest BCUT2D eigenvalue weighted by Gasteiger charge is -2.17. The van der Waals surface area contributed by atoms with E-state index >= 15 is 0 Å². The van der Waals surface area contributed by atoms with Gasteiger partial charge in [-0.2, -0.15) is 0 Å². The van der Waals surface area contributed by atoms with Gasteiger partial charge < -0.3 is 15.2 Å². The van der Waals surface area contributed by atoms with E-state index in [-0.39, 0.29) is 6.04 Å². The van der Waals surface area contributed by atoms with Crippen LogP contribution in [0.15, 0.2) is 46.9 Å². The Morgan fingerprint density at radius 1 is 1.10 bits per heavy atom. The molecule has 3 nitrogen and oxygen atoms in total. The van der Waals surface area contributed by atoms with E-state index in [2.05, 4.69) is 15.9 Å². The van der Waals surface area contributed by atoms with Gasteiger partial charge >= 0.3 is 0 Å². The molecule has 2 rings (SSSR count). The lowest BCUT2D eigenvalue weighted by Crippen LogP contribution is -2.10. The van der Waals surface area contributed by atoms with Crippen LogP contribution in [0, 0.1) is 0 Å². The van der Waals surface area contributed by atoms with Crippen molar-refractivity contribution in [2.24, 2.45) is 5.73 Å². The highest BCUT2D eigenvalue weighted by molar-refractivity contribution is 9.10. The predicted octanol–water partition coefficient (Wildman–Crippen LogP) is 4.06. The standard InChI is InChI=1S/C16H18BrNO2/c1-11(18)16-14(19-2)8-5-9-15(16)20-10-12-6-3-4-7-13(12)17/h3-9,11H,10,18H2,1-2H3. The van der Waals surface area contributed by atoms with Gasteiger partial charge in [0.1, 0.15) is 18.1 Å². The fourth-order valence-corrected chi connectivity index (χ4v) is 2.45. The van der Waals surface area contributed by atoms with Crippen LogP contribution in [0.2, 0.25) is 0 Å². The average molecular weight is 336 g/mol. The predicted molar refractivity (Wildman–Crippen MR) is 84.1 cm³/mol. The van der Waals surface area contributed by atoms with Gasteiger partial charge in [0.05, 0.1) is 12.7 Å². The first kappa shape index (κ1) is 14.9. The zero-order valence-electron chi connectivity index (χ0n) is 11.6. The SMILES string of the molecule is COc1cccc(OCc2ccccc2Br)c1C(C)N. The molecular formula is C16H18BrNO2. The van der Waals surface area contributed by atoms with Gasteiger partial charge in [0, 0.05) is 16.1 Å². The lowest BCUT2D eigenvalue weighted by molar-refractivity contribution is 0.297. The highest BCUT2D eigenvalue weighted by Crippen LogP contribution is 2.33. The first-order valence-corrected chi connectivity index (χ1v) is 7.21. The smallest absolute Gasteiger partial charge is 0.128 e. The molecule has 2 N–H and O–H groups in total. The monoisotopic (exact) mass is 335 g/mol. The molecule has 20 heavy (non-hydrogen) atoms. The maximum absolute atomic E-state index is 6.02. The molecule has 0 aromatic heterocycles. The van der Waals surface area contributed by atoms with Gasteiger partial charge in [0.25, 0.3) is 0 Å². The minimum absolute atomic E-state index is 0.152. The van der Waals surface area contributed by atoms with Crippen LogP contribution in [0.4, 0.5) is 0 Å². The van der Waals surface area contributed by atoms with Gasteiger partial charge in [-0.05, 0) is 25.1 Å². The summed E-state index contributed by atoms with van der Waals surface area (Å²) in [5.74, 6) is 1.51. The summed E-state index contributed by atoms with van der Waals surface area (Å²) in [5, 5.41) is 0. The zero-order valence-corrected chi connectivity index (χ0v) is 13.2. The number of methoxy groups -OCH3 is 1. The molecule has 0 radical (unpaired) electrons. The number of hydrogen-bond acceptors (Lipinski definition) is 3. The van der Waals surface area contributed by atoms with Crippen LogP contribution in [0.5, 0.6) is 11.5 Å². The second-order valence-corrected chi connectivity index (χ2v) is 5.40. The minimum atomic E-state index is -0.152. The molecule has 4 heteroatoms. The van der Waals surface area contributed by atoms with Crippen molar-refractivity contribution in [1.82, 2.24) is 0 Å². The molecule has 0 aliphatic rings. The third-order valence-corrected chi connectivity index (χ3v) is 3.82. The molecule has 0 saturated heterocycles. The molecule has 0 heterocycles. The van der Waals surface area contributed by atoms with E-state index < -0.39 is 0 Å². The van der Waals surface area contributed by atoms with E-state index in [1.807, 2.05) is 49.4 Å². The van der Waals surface area contributed by atoms with Crippen molar-refractivity contribution >= 4 is 15.9 Å². The Bertz CT molecular complexity index is 584. The molecule has 1 atom stereocenters.